The number of nitrogens with one attached hydrogen (secondary N) is 1. The highest BCUT2D eigenvalue weighted by Crippen LogP contribution is 1.99. The van der Waals surface area contributed by atoms with Crippen molar-refractivity contribution < 1.29 is 4.79 Å². The van der Waals surface area contributed by atoms with Gasteiger partial charge in [0.25, 0.3) is 0 Å². The standard InChI is InChI=1S/C6H11NOS/c1-5(8)6(7-2)4-9-3/h4,7H,1-3H3/b6-4+. The molecule has 0 saturated carbocycles. The van der Waals surface area contributed by atoms with Crippen molar-refractivity contribution in [3.8, 4) is 0 Å². The van der Waals surface area contributed by atoms with Crippen LogP contribution >= 0.6 is 11.8 Å². The monoisotopic (exact) mass is 145 g/mol. The van der Waals surface area contributed by atoms with Crippen LogP contribution in [0.1, 0.15) is 6.92 Å². The minimum absolute atomic E-state index is 0.0758. The second-order valence-corrected chi connectivity index (χ2v) is 2.28. The molecule has 0 radical (unpaired) electrons. The third-order valence-corrected chi connectivity index (χ3v) is 1.36. The molecule has 0 aromatic carbocycles. The van der Waals surface area contributed by atoms with E-state index in [1.807, 2.05) is 6.26 Å². The average Bonchev–Trinajstić information content (AvgIpc) is 1.82. The molecule has 0 aliphatic rings. The number of thioether (sulfide) groups is 1. The van der Waals surface area contributed by atoms with Crippen molar-refractivity contribution >= 4 is 17.5 Å². The number of carbonyl (C=O) groups is 1. The normalized spacial score (nSPS) is 11.2. The lowest BCUT2D eigenvalue weighted by molar-refractivity contribution is -0.113. The SMILES string of the molecule is CN/C(=C/SC)C(C)=O. The Hall–Kier alpha value is -0.440. The van der Waals surface area contributed by atoms with Gasteiger partial charge in [0.05, 0.1) is 5.70 Å². The minimum Gasteiger partial charge on any atom is -0.385 e. The lowest BCUT2D eigenvalue weighted by Crippen LogP contribution is -2.12. The lowest BCUT2D eigenvalue weighted by Gasteiger charge is -1.98. The number of hydrogen-bond acceptors (Lipinski definition) is 3. The molecule has 0 saturated heterocycles. The third kappa shape index (κ3) is 3.19. The van der Waals surface area contributed by atoms with Gasteiger partial charge in [-0.1, -0.05) is 0 Å². The van der Waals surface area contributed by atoms with Crippen molar-refractivity contribution in [2.24, 2.45) is 0 Å². The fourth-order valence-corrected chi connectivity index (χ4v) is 0.955. The summed E-state index contributed by atoms with van der Waals surface area (Å²) in [5.41, 5.74) is 0.669. The van der Waals surface area contributed by atoms with E-state index in [4.69, 9.17) is 0 Å². The molecule has 0 aromatic rings. The Labute approximate surface area is 59.7 Å². The summed E-state index contributed by atoms with van der Waals surface area (Å²) in [7, 11) is 1.74. The third-order valence-electron chi connectivity index (χ3n) is 0.884. The molecule has 2 nitrogen and oxygen atoms in total. The van der Waals surface area contributed by atoms with Crippen LogP contribution in [0.5, 0.6) is 0 Å². The highest BCUT2D eigenvalue weighted by Gasteiger charge is 1.96. The van der Waals surface area contributed by atoms with E-state index in [1.54, 1.807) is 19.4 Å². The first-order valence-corrected chi connectivity index (χ1v) is 3.92. The maximum Gasteiger partial charge on any atom is 0.176 e. The van der Waals surface area contributed by atoms with Crippen LogP contribution < -0.4 is 5.32 Å². The van der Waals surface area contributed by atoms with Crippen molar-refractivity contribution in [3.05, 3.63) is 11.1 Å². The molecule has 1 N–H and O–H groups in total. The van der Waals surface area contributed by atoms with Crippen molar-refractivity contribution in [2.75, 3.05) is 13.3 Å². The quantitative estimate of drug-likeness (QED) is 0.601. The molecule has 0 heterocycles. The Morgan fingerprint density at radius 2 is 2.22 bits per heavy atom. The van der Waals surface area contributed by atoms with Crippen LogP contribution in [0.2, 0.25) is 0 Å². The van der Waals surface area contributed by atoms with Crippen molar-refractivity contribution in [2.45, 2.75) is 6.92 Å². The van der Waals surface area contributed by atoms with E-state index in [0.717, 1.165) is 0 Å². The minimum atomic E-state index is 0.0758. The first-order valence-electron chi connectivity index (χ1n) is 2.64. The zero-order chi connectivity index (χ0) is 7.28. The summed E-state index contributed by atoms with van der Waals surface area (Å²) in [6.07, 6.45) is 1.92. The van der Waals surface area contributed by atoms with E-state index in [9.17, 15) is 4.79 Å². The number of hydrogen-bond donors (Lipinski definition) is 1. The molecule has 0 rings (SSSR count). The first-order chi connectivity index (χ1) is 4.22. The number of carbonyl (C=O) groups excluding carboxylic acids is 1. The maximum absolute atomic E-state index is 10.6. The summed E-state index contributed by atoms with van der Waals surface area (Å²) in [5.74, 6) is 0.0758. The second kappa shape index (κ2) is 4.44. The molecule has 0 amide bonds. The topological polar surface area (TPSA) is 29.1 Å². The summed E-state index contributed by atoms with van der Waals surface area (Å²) >= 11 is 1.52. The molecule has 0 aromatic heterocycles. The van der Waals surface area contributed by atoms with Gasteiger partial charge in [-0.15, -0.1) is 11.8 Å². The Morgan fingerprint density at radius 3 is 2.33 bits per heavy atom. The number of rotatable bonds is 3. The summed E-state index contributed by atoms with van der Waals surface area (Å²) in [4.78, 5) is 10.6. The van der Waals surface area contributed by atoms with Gasteiger partial charge in [0.1, 0.15) is 0 Å². The molecule has 0 atom stereocenters. The smallest absolute Gasteiger partial charge is 0.176 e. The first kappa shape index (κ1) is 8.56. The summed E-state index contributed by atoms with van der Waals surface area (Å²) < 4.78 is 0. The Balaban J connectivity index is 3.98. The van der Waals surface area contributed by atoms with E-state index >= 15 is 0 Å². The molecule has 9 heavy (non-hydrogen) atoms. The molecule has 0 spiro atoms. The predicted octanol–water partition coefficient (Wildman–Crippen LogP) is 0.999. The average molecular weight is 145 g/mol. The fraction of sp³-hybridized carbons (Fsp3) is 0.500. The summed E-state index contributed by atoms with van der Waals surface area (Å²) in [6, 6.07) is 0. The second-order valence-electron chi connectivity index (χ2n) is 1.57. The van der Waals surface area contributed by atoms with E-state index < -0.39 is 0 Å². The molecule has 0 fully saturated rings. The van der Waals surface area contributed by atoms with Crippen LogP contribution in [-0.2, 0) is 4.79 Å². The number of likely N-dealkylation sites (N-methyl/N-ethyl adjacent to an activating group) is 1. The predicted molar refractivity (Wildman–Crippen MR) is 41.3 cm³/mol. The number of ketones is 1. The lowest BCUT2D eigenvalue weighted by atomic mass is 10.3. The van der Waals surface area contributed by atoms with Gasteiger partial charge in [-0.3, -0.25) is 4.79 Å². The van der Waals surface area contributed by atoms with Gasteiger partial charge in [0, 0.05) is 14.0 Å². The highest BCUT2D eigenvalue weighted by atomic mass is 32.2. The van der Waals surface area contributed by atoms with E-state index in [1.165, 1.54) is 11.8 Å². The van der Waals surface area contributed by atoms with Crippen molar-refractivity contribution in [1.82, 2.24) is 5.32 Å². The van der Waals surface area contributed by atoms with Crippen LogP contribution in [0.4, 0.5) is 0 Å². The van der Waals surface area contributed by atoms with Crippen LogP contribution in [0, 0.1) is 0 Å². The van der Waals surface area contributed by atoms with E-state index in [-0.39, 0.29) is 5.78 Å². The molecule has 52 valence electrons. The Kier molecular flexibility index (Phi) is 4.22. The van der Waals surface area contributed by atoms with Crippen LogP contribution in [-0.4, -0.2) is 19.1 Å². The molecule has 0 aliphatic carbocycles. The molecular formula is C6H11NOS. The van der Waals surface area contributed by atoms with Gasteiger partial charge < -0.3 is 5.32 Å². The van der Waals surface area contributed by atoms with Crippen molar-refractivity contribution in [1.29, 1.82) is 0 Å². The molecule has 0 unspecified atom stereocenters. The summed E-state index contributed by atoms with van der Waals surface area (Å²) in [6.45, 7) is 1.54. The largest absolute Gasteiger partial charge is 0.385 e. The van der Waals surface area contributed by atoms with E-state index in [0.29, 0.717) is 5.70 Å². The zero-order valence-electron chi connectivity index (χ0n) is 5.89. The van der Waals surface area contributed by atoms with Gasteiger partial charge in [-0.25, -0.2) is 0 Å². The van der Waals surface area contributed by atoms with Crippen molar-refractivity contribution in [3.63, 3.8) is 0 Å². The van der Waals surface area contributed by atoms with Gasteiger partial charge in [0.2, 0.25) is 0 Å². The van der Waals surface area contributed by atoms with Crippen LogP contribution in [0.15, 0.2) is 11.1 Å². The molecule has 3 heteroatoms. The van der Waals surface area contributed by atoms with E-state index in [2.05, 4.69) is 5.32 Å². The van der Waals surface area contributed by atoms with Gasteiger partial charge in [0.15, 0.2) is 5.78 Å². The molecule has 0 aliphatic heterocycles. The fourth-order valence-electron chi connectivity index (χ4n) is 0.436. The Bertz CT molecular complexity index is 131. The maximum atomic E-state index is 10.6. The zero-order valence-corrected chi connectivity index (χ0v) is 6.71. The highest BCUT2D eigenvalue weighted by molar-refractivity contribution is 8.01. The molecule has 0 bridgehead atoms. The number of allylic oxidation sites excluding steroid dienone is 1. The van der Waals surface area contributed by atoms with Gasteiger partial charge in [-0.05, 0) is 11.7 Å². The molecular weight excluding hydrogens is 134 g/mol. The number of Topliss-reactive ketones (excluding diaryl/α,β-unsaturated/α-hetero) is 1. The Morgan fingerprint density at radius 1 is 1.67 bits per heavy atom. The van der Waals surface area contributed by atoms with Gasteiger partial charge in [-0.2, -0.15) is 0 Å². The van der Waals surface area contributed by atoms with Gasteiger partial charge >= 0.3 is 0 Å². The van der Waals surface area contributed by atoms with Crippen LogP contribution in [0.25, 0.3) is 0 Å². The van der Waals surface area contributed by atoms with Crippen LogP contribution in [0.3, 0.4) is 0 Å². The summed E-state index contributed by atoms with van der Waals surface area (Å²) in [5, 5.41) is 4.59.